The summed E-state index contributed by atoms with van der Waals surface area (Å²) >= 11 is 0. The standard InChI is InChI=1S/C24H24F3N5O5/c25-24(26,27)16-1-6-22(28-13-16)36-19-7-10-30(11-8-19)17-2-4-18(5-3-17)35-15-20-9-12-31-14-21(32(33)34)29-23(31)37-20/h1-6,13-14,19-20H,7-12,15H2. The zero-order valence-corrected chi connectivity index (χ0v) is 19.6. The number of imidazole rings is 1. The Morgan fingerprint density at radius 2 is 1.84 bits per heavy atom. The van der Waals surface area contributed by atoms with Gasteiger partial charge in [-0.15, -0.1) is 0 Å². The van der Waals surface area contributed by atoms with Crippen LogP contribution in [0.3, 0.4) is 0 Å². The second-order valence-corrected chi connectivity index (χ2v) is 8.85. The van der Waals surface area contributed by atoms with E-state index in [1.807, 2.05) is 24.3 Å². The van der Waals surface area contributed by atoms with Crippen LogP contribution in [0.15, 0.2) is 48.8 Å². The van der Waals surface area contributed by atoms with Crippen molar-refractivity contribution in [3.05, 3.63) is 64.5 Å². The highest BCUT2D eigenvalue weighted by Gasteiger charge is 2.31. The number of ether oxygens (including phenoxy) is 3. The van der Waals surface area contributed by atoms with Gasteiger partial charge in [0.2, 0.25) is 5.88 Å². The van der Waals surface area contributed by atoms with Gasteiger partial charge in [0.15, 0.2) is 0 Å². The number of aromatic nitrogens is 3. The van der Waals surface area contributed by atoms with Crippen LogP contribution in [0.5, 0.6) is 17.6 Å². The number of nitro groups is 1. The van der Waals surface area contributed by atoms with Gasteiger partial charge in [0.05, 0.1) is 5.56 Å². The Morgan fingerprint density at radius 3 is 2.49 bits per heavy atom. The molecular weight excluding hydrogens is 495 g/mol. The average molecular weight is 519 g/mol. The van der Waals surface area contributed by atoms with E-state index in [0.29, 0.717) is 38.2 Å². The molecule has 10 nitrogen and oxygen atoms in total. The van der Waals surface area contributed by atoms with Crippen LogP contribution in [0.4, 0.5) is 24.7 Å². The SMILES string of the molecule is O=[N+]([O-])c1cn2c(n1)OC(COc1ccc(N3CCC(Oc4ccc(C(F)(F)F)cn4)CC3)cc1)CC2. The van der Waals surface area contributed by atoms with Crippen LogP contribution < -0.4 is 19.1 Å². The fourth-order valence-corrected chi connectivity index (χ4v) is 4.30. The number of hydrogen-bond acceptors (Lipinski definition) is 8. The van der Waals surface area contributed by atoms with Gasteiger partial charge in [-0.05, 0) is 35.3 Å². The lowest BCUT2D eigenvalue weighted by molar-refractivity contribution is -0.389. The molecule has 1 fully saturated rings. The smallest absolute Gasteiger partial charge is 0.417 e. The van der Waals surface area contributed by atoms with Crippen LogP contribution in [-0.2, 0) is 12.7 Å². The third-order valence-electron chi connectivity index (χ3n) is 6.31. The van der Waals surface area contributed by atoms with E-state index in [4.69, 9.17) is 14.2 Å². The number of hydrogen-bond donors (Lipinski definition) is 0. The molecule has 0 aliphatic carbocycles. The van der Waals surface area contributed by atoms with Gasteiger partial charge >= 0.3 is 18.0 Å². The molecule has 0 spiro atoms. The number of aryl methyl sites for hydroxylation is 1. The molecule has 1 atom stereocenters. The second kappa shape index (κ2) is 10.1. The molecule has 0 radical (unpaired) electrons. The number of fused-ring (bicyclic) bond motifs is 1. The molecule has 5 rings (SSSR count). The third kappa shape index (κ3) is 5.87. The minimum atomic E-state index is -4.42. The zero-order valence-electron chi connectivity index (χ0n) is 19.6. The number of pyridine rings is 1. The molecule has 2 aliphatic rings. The summed E-state index contributed by atoms with van der Waals surface area (Å²) in [4.78, 5) is 20.2. The lowest BCUT2D eigenvalue weighted by atomic mass is 10.1. The van der Waals surface area contributed by atoms with E-state index >= 15 is 0 Å². The molecule has 0 bridgehead atoms. The fraction of sp³-hybridized carbons (Fsp3) is 0.417. The first kappa shape index (κ1) is 24.7. The van der Waals surface area contributed by atoms with Gasteiger partial charge in [0, 0.05) is 61.8 Å². The number of rotatable bonds is 7. The highest BCUT2D eigenvalue weighted by molar-refractivity contribution is 5.49. The number of nitrogens with zero attached hydrogens (tertiary/aromatic N) is 5. The topological polar surface area (TPSA) is 105 Å². The predicted molar refractivity (Wildman–Crippen MR) is 125 cm³/mol. The van der Waals surface area contributed by atoms with Gasteiger partial charge in [0.1, 0.15) is 30.8 Å². The summed E-state index contributed by atoms with van der Waals surface area (Å²) < 4.78 is 57.0. The molecular formula is C24H24F3N5O5. The number of benzene rings is 1. The number of alkyl halides is 3. The van der Waals surface area contributed by atoms with Crippen molar-refractivity contribution in [2.45, 2.75) is 44.2 Å². The van der Waals surface area contributed by atoms with Crippen molar-refractivity contribution in [3.63, 3.8) is 0 Å². The molecule has 2 aromatic heterocycles. The first-order valence-electron chi connectivity index (χ1n) is 11.8. The van der Waals surface area contributed by atoms with Crippen LogP contribution in [0.25, 0.3) is 0 Å². The van der Waals surface area contributed by atoms with Crippen LogP contribution >= 0.6 is 0 Å². The fourth-order valence-electron chi connectivity index (χ4n) is 4.30. The Kier molecular flexibility index (Phi) is 6.76. The van der Waals surface area contributed by atoms with E-state index in [2.05, 4.69) is 14.9 Å². The van der Waals surface area contributed by atoms with E-state index in [1.165, 1.54) is 12.3 Å². The minimum Gasteiger partial charge on any atom is -0.490 e. The highest BCUT2D eigenvalue weighted by Crippen LogP contribution is 2.30. The molecule has 0 saturated carbocycles. The van der Waals surface area contributed by atoms with E-state index in [9.17, 15) is 23.3 Å². The summed E-state index contributed by atoms with van der Waals surface area (Å²) in [6, 6.07) is 10.1. The van der Waals surface area contributed by atoms with Crippen molar-refractivity contribution < 1.29 is 32.3 Å². The largest absolute Gasteiger partial charge is 0.490 e. The molecule has 1 saturated heterocycles. The number of anilines is 1. The molecule has 2 aliphatic heterocycles. The molecule has 4 heterocycles. The summed E-state index contributed by atoms with van der Waals surface area (Å²) in [6.07, 6.45) is -0.556. The van der Waals surface area contributed by atoms with E-state index in [1.54, 1.807) is 4.57 Å². The molecule has 0 N–H and O–H groups in total. The Bertz CT molecular complexity index is 1230. The van der Waals surface area contributed by atoms with Crippen molar-refractivity contribution in [2.75, 3.05) is 24.6 Å². The Balaban J connectivity index is 1.07. The van der Waals surface area contributed by atoms with Crippen molar-refractivity contribution >= 4 is 11.5 Å². The van der Waals surface area contributed by atoms with Crippen LogP contribution in [0.1, 0.15) is 24.8 Å². The zero-order chi connectivity index (χ0) is 26.0. The number of halogens is 3. The highest BCUT2D eigenvalue weighted by atomic mass is 19.4. The minimum absolute atomic E-state index is 0.115. The third-order valence-corrected chi connectivity index (χ3v) is 6.31. The van der Waals surface area contributed by atoms with Gasteiger partial charge in [-0.2, -0.15) is 13.2 Å². The van der Waals surface area contributed by atoms with Crippen LogP contribution in [0, 0.1) is 10.1 Å². The van der Waals surface area contributed by atoms with Crippen molar-refractivity contribution in [2.24, 2.45) is 0 Å². The van der Waals surface area contributed by atoms with Crippen molar-refractivity contribution in [1.29, 1.82) is 0 Å². The Morgan fingerprint density at radius 1 is 1.08 bits per heavy atom. The molecule has 1 aromatic carbocycles. The van der Waals surface area contributed by atoms with Gasteiger partial charge in [-0.3, -0.25) is 4.57 Å². The quantitative estimate of drug-likeness (QED) is 0.332. The molecule has 1 unspecified atom stereocenters. The summed E-state index contributed by atoms with van der Waals surface area (Å²) in [5, 5.41) is 10.9. The van der Waals surface area contributed by atoms with Gasteiger partial charge in [0.25, 0.3) is 0 Å². The molecule has 13 heteroatoms. The first-order valence-corrected chi connectivity index (χ1v) is 11.8. The molecule has 0 amide bonds. The van der Waals surface area contributed by atoms with E-state index < -0.39 is 16.7 Å². The summed E-state index contributed by atoms with van der Waals surface area (Å²) in [5.41, 5.74) is 0.230. The predicted octanol–water partition coefficient (Wildman–Crippen LogP) is 4.48. The lowest BCUT2D eigenvalue weighted by Gasteiger charge is -2.33. The summed E-state index contributed by atoms with van der Waals surface area (Å²) in [5.74, 6) is 0.634. The number of piperidine rings is 1. The maximum absolute atomic E-state index is 12.7. The monoisotopic (exact) mass is 519 g/mol. The average Bonchev–Trinajstić information content (AvgIpc) is 3.32. The Hall–Kier alpha value is -4.03. The van der Waals surface area contributed by atoms with E-state index in [-0.39, 0.29) is 29.9 Å². The normalized spacial score (nSPS) is 18.1. The molecule has 196 valence electrons. The lowest BCUT2D eigenvalue weighted by Crippen LogP contribution is -2.38. The van der Waals surface area contributed by atoms with Crippen LogP contribution in [-0.4, -0.2) is 51.4 Å². The van der Waals surface area contributed by atoms with Crippen LogP contribution in [0.2, 0.25) is 0 Å². The van der Waals surface area contributed by atoms with Crippen molar-refractivity contribution in [1.82, 2.24) is 14.5 Å². The van der Waals surface area contributed by atoms with Gasteiger partial charge in [-0.1, -0.05) is 0 Å². The van der Waals surface area contributed by atoms with Gasteiger partial charge < -0.3 is 29.2 Å². The van der Waals surface area contributed by atoms with Crippen molar-refractivity contribution in [3.8, 4) is 17.6 Å². The Labute approximate surface area is 209 Å². The summed E-state index contributed by atoms with van der Waals surface area (Å²) in [6.45, 7) is 2.33. The molecule has 37 heavy (non-hydrogen) atoms. The maximum Gasteiger partial charge on any atom is 0.417 e. The summed E-state index contributed by atoms with van der Waals surface area (Å²) in [7, 11) is 0. The molecule has 3 aromatic rings. The second-order valence-electron chi connectivity index (χ2n) is 8.85. The van der Waals surface area contributed by atoms with E-state index in [0.717, 1.165) is 31.0 Å². The van der Waals surface area contributed by atoms with Gasteiger partial charge in [-0.25, -0.2) is 4.98 Å². The maximum atomic E-state index is 12.7. The first-order chi connectivity index (χ1) is 17.7.